The van der Waals surface area contributed by atoms with Gasteiger partial charge in [-0.1, -0.05) is 0 Å². The van der Waals surface area contributed by atoms with E-state index in [9.17, 15) is 4.79 Å². The van der Waals surface area contributed by atoms with Crippen LogP contribution in [0, 0.1) is 0 Å². The van der Waals surface area contributed by atoms with E-state index < -0.39 is 11.5 Å². The van der Waals surface area contributed by atoms with Crippen LogP contribution in [0.15, 0.2) is 12.1 Å². The van der Waals surface area contributed by atoms with Crippen LogP contribution in [-0.2, 0) is 9.53 Å². The quantitative estimate of drug-likeness (QED) is 0.751. The van der Waals surface area contributed by atoms with Crippen molar-refractivity contribution >= 4 is 5.97 Å². The summed E-state index contributed by atoms with van der Waals surface area (Å²) in [5.41, 5.74) is 4.57. The molecule has 0 spiro atoms. The summed E-state index contributed by atoms with van der Waals surface area (Å²) < 4.78 is 25.8. The predicted molar refractivity (Wildman–Crippen MR) is 76.2 cm³/mol. The molecular formula is C14H21NO6. The molecule has 2 N–H and O–H groups in total. The number of ether oxygens (including phenoxy) is 5. The van der Waals surface area contributed by atoms with Crippen LogP contribution in [0.3, 0.4) is 0 Å². The van der Waals surface area contributed by atoms with E-state index in [1.165, 1.54) is 35.4 Å². The average Bonchev–Trinajstić information content (AvgIpc) is 2.50. The number of rotatable bonds is 7. The Morgan fingerprint density at radius 1 is 1.10 bits per heavy atom. The molecule has 0 aliphatic carbocycles. The van der Waals surface area contributed by atoms with Crippen LogP contribution in [0.2, 0.25) is 0 Å². The first-order valence-corrected chi connectivity index (χ1v) is 6.19. The van der Waals surface area contributed by atoms with Crippen molar-refractivity contribution in [2.75, 3.05) is 35.0 Å². The van der Waals surface area contributed by atoms with Gasteiger partial charge in [0.2, 0.25) is 5.75 Å². The highest BCUT2D eigenvalue weighted by atomic mass is 16.5. The molecule has 0 amide bonds. The third kappa shape index (κ3) is 3.91. The monoisotopic (exact) mass is 299 g/mol. The van der Waals surface area contributed by atoms with Crippen LogP contribution in [0.1, 0.15) is 6.92 Å². The Morgan fingerprint density at radius 3 is 2.00 bits per heavy atom. The lowest BCUT2D eigenvalue weighted by molar-refractivity contribution is -0.147. The molecule has 0 saturated heterocycles. The van der Waals surface area contributed by atoms with Gasteiger partial charge in [0.1, 0.15) is 17.9 Å². The molecule has 1 rings (SSSR count). The Kier molecular flexibility index (Phi) is 5.66. The normalized spacial score (nSPS) is 13.0. The van der Waals surface area contributed by atoms with Crippen molar-refractivity contribution in [1.29, 1.82) is 0 Å². The molecule has 1 unspecified atom stereocenters. The van der Waals surface area contributed by atoms with E-state index in [1.54, 1.807) is 12.1 Å². The summed E-state index contributed by atoms with van der Waals surface area (Å²) in [5.74, 6) is 1.23. The zero-order valence-electron chi connectivity index (χ0n) is 12.9. The summed E-state index contributed by atoms with van der Waals surface area (Å²) in [5, 5.41) is 0. The Labute approximate surface area is 123 Å². The number of nitrogens with two attached hydrogens (primary N) is 1. The molecule has 1 aromatic rings. The minimum atomic E-state index is -1.25. The van der Waals surface area contributed by atoms with Crippen molar-refractivity contribution in [3.05, 3.63) is 12.1 Å². The van der Waals surface area contributed by atoms with Crippen LogP contribution in [0.5, 0.6) is 23.0 Å². The van der Waals surface area contributed by atoms with Crippen molar-refractivity contribution in [2.24, 2.45) is 5.73 Å². The second-order valence-electron chi connectivity index (χ2n) is 4.56. The standard InChI is InChI=1S/C14H21NO6/c1-14(15,13(16)20-5)8-21-9-6-10(17-2)12(19-4)11(7-9)18-3/h6-7H,8,15H2,1-5H3. The second-order valence-corrected chi connectivity index (χ2v) is 4.56. The highest BCUT2D eigenvalue weighted by Gasteiger charge is 2.30. The van der Waals surface area contributed by atoms with Crippen molar-refractivity contribution < 1.29 is 28.5 Å². The van der Waals surface area contributed by atoms with Gasteiger partial charge in [-0.05, 0) is 6.92 Å². The number of hydrogen-bond acceptors (Lipinski definition) is 7. The number of benzene rings is 1. The summed E-state index contributed by atoms with van der Waals surface area (Å²) in [6.07, 6.45) is 0. The Bertz CT molecular complexity index is 475. The van der Waals surface area contributed by atoms with Crippen molar-refractivity contribution in [2.45, 2.75) is 12.5 Å². The number of hydrogen-bond donors (Lipinski definition) is 1. The van der Waals surface area contributed by atoms with Crippen LogP contribution in [0.4, 0.5) is 0 Å². The van der Waals surface area contributed by atoms with Crippen LogP contribution >= 0.6 is 0 Å². The maximum absolute atomic E-state index is 11.5. The largest absolute Gasteiger partial charge is 0.493 e. The first-order valence-electron chi connectivity index (χ1n) is 6.19. The molecule has 0 saturated carbocycles. The minimum absolute atomic E-state index is 0.0572. The van der Waals surface area contributed by atoms with Gasteiger partial charge in [0.05, 0.1) is 28.4 Å². The summed E-state index contributed by atoms with van der Waals surface area (Å²) in [4.78, 5) is 11.5. The molecule has 0 aromatic heterocycles. The molecule has 0 bridgehead atoms. The zero-order valence-corrected chi connectivity index (χ0v) is 12.9. The van der Waals surface area contributed by atoms with Crippen LogP contribution in [0.25, 0.3) is 0 Å². The third-order valence-corrected chi connectivity index (χ3v) is 2.83. The maximum Gasteiger partial charge on any atom is 0.329 e. The van der Waals surface area contributed by atoms with E-state index in [4.69, 9.17) is 24.7 Å². The average molecular weight is 299 g/mol. The second kappa shape index (κ2) is 7.03. The highest BCUT2D eigenvalue weighted by molar-refractivity contribution is 5.80. The fourth-order valence-electron chi connectivity index (χ4n) is 1.67. The van der Waals surface area contributed by atoms with Crippen molar-refractivity contribution in [3.8, 4) is 23.0 Å². The lowest BCUT2D eigenvalue weighted by Crippen LogP contribution is -2.50. The smallest absolute Gasteiger partial charge is 0.329 e. The van der Waals surface area contributed by atoms with E-state index in [1.807, 2.05) is 0 Å². The first kappa shape index (κ1) is 16.9. The van der Waals surface area contributed by atoms with E-state index in [-0.39, 0.29) is 6.61 Å². The Balaban J connectivity index is 2.97. The minimum Gasteiger partial charge on any atom is -0.493 e. The summed E-state index contributed by atoms with van der Waals surface area (Å²) in [7, 11) is 5.78. The van der Waals surface area contributed by atoms with Gasteiger partial charge in [0.15, 0.2) is 11.5 Å². The molecular weight excluding hydrogens is 278 g/mol. The predicted octanol–water partition coefficient (Wildman–Crippen LogP) is 0.982. The van der Waals surface area contributed by atoms with Gasteiger partial charge in [0.25, 0.3) is 0 Å². The van der Waals surface area contributed by atoms with E-state index in [2.05, 4.69) is 4.74 Å². The van der Waals surface area contributed by atoms with Gasteiger partial charge in [-0.3, -0.25) is 0 Å². The molecule has 7 heteroatoms. The molecule has 0 radical (unpaired) electrons. The van der Waals surface area contributed by atoms with Crippen LogP contribution < -0.4 is 24.7 Å². The summed E-state index contributed by atoms with van der Waals surface area (Å²) in [6.45, 7) is 1.47. The molecule has 118 valence electrons. The van der Waals surface area contributed by atoms with Crippen molar-refractivity contribution in [1.82, 2.24) is 0 Å². The molecule has 1 atom stereocenters. The van der Waals surface area contributed by atoms with Gasteiger partial charge in [-0.25, -0.2) is 4.79 Å². The van der Waals surface area contributed by atoms with Crippen molar-refractivity contribution in [3.63, 3.8) is 0 Å². The number of methoxy groups -OCH3 is 4. The lowest BCUT2D eigenvalue weighted by atomic mass is 10.1. The molecule has 21 heavy (non-hydrogen) atoms. The van der Waals surface area contributed by atoms with Gasteiger partial charge in [-0.2, -0.15) is 0 Å². The van der Waals surface area contributed by atoms with Gasteiger partial charge in [-0.15, -0.1) is 0 Å². The zero-order chi connectivity index (χ0) is 16.0. The number of carbonyl (C=O) groups excluding carboxylic acids is 1. The highest BCUT2D eigenvalue weighted by Crippen LogP contribution is 2.40. The van der Waals surface area contributed by atoms with Crippen LogP contribution in [-0.4, -0.2) is 46.6 Å². The molecule has 0 aliphatic heterocycles. The molecule has 0 heterocycles. The third-order valence-electron chi connectivity index (χ3n) is 2.83. The number of carbonyl (C=O) groups is 1. The van der Waals surface area contributed by atoms with E-state index in [0.29, 0.717) is 23.0 Å². The Morgan fingerprint density at radius 2 is 1.62 bits per heavy atom. The van der Waals surface area contributed by atoms with Gasteiger partial charge >= 0.3 is 5.97 Å². The molecule has 0 fully saturated rings. The Hall–Kier alpha value is -2.15. The molecule has 0 aliphatic rings. The van der Waals surface area contributed by atoms with Gasteiger partial charge in [0, 0.05) is 12.1 Å². The topological polar surface area (TPSA) is 89.2 Å². The number of esters is 1. The lowest BCUT2D eigenvalue weighted by Gasteiger charge is -2.22. The fraction of sp³-hybridized carbons (Fsp3) is 0.500. The summed E-state index contributed by atoms with van der Waals surface area (Å²) >= 11 is 0. The van der Waals surface area contributed by atoms with E-state index >= 15 is 0 Å². The first-order chi connectivity index (χ1) is 9.89. The fourth-order valence-corrected chi connectivity index (χ4v) is 1.67. The SMILES string of the molecule is COC(=O)C(C)(N)COc1cc(OC)c(OC)c(OC)c1. The summed E-state index contributed by atoms with van der Waals surface area (Å²) in [6, 6.07) is 3.24. The molecule has 7 nitrogen and oxygen atoms in total. The molecule has 1 aromatic carbocycles. The maximum atomic E-state index is 11.5. The van der Waals surface area contributed by atoms with E-state index in [0.717, 1.165) is 0 Å². The van der Waals surface area contributed by atoms with Gasteiger partial charge < -0.3 is 29.4 Å².